The molecule has 0 saturated heterocycles. The number of aliphatic hydroxyl groups is 1. The standard InChI is InChI=1S/C13H19BrN2O4/c1-13(17,5-6-20-2)9-15-8-10-3-4-11(14)7-12(10)16(18)19/h3-4,7,15,17H,5-6,8-9H2,1-2H3. The summed E-state index contributed by atoms with van der Waals surface area (Å²) in [6.45, 7) is 2.83. The van der Waals surface area contributed by atoms with E-state index in [-0.39, 0.29) is 5.69 Å². The molecule has 112 valence electrons. The van der Waals surface area contributed by atoms with E-state index in [1.54, 1.807) is 26.2 Å². The van der Waals surface area contributed by atoms with Crippen LogP contribution >= 0.6 is 15.9 Å². The lowest BCUT2D eigenvalue weighted by Crippen LogP contribution is -2.38. The molecule has 0 spiro atoms. The predicted molar refractivity (Wildman–Crippen MR) is 79.6 cm³/mol. The Kier molecular flexibility index (Phi) is 6.54. The molecular formula is C13H19BrN2O4. The molecule has 0 fully saturated rings. The topological polar surface area (TPSA) is 84.6 Å². The zero-order valence-corrected chi connectivity index (χ0v) is 13.1. The fourth-order valence-corrected chi connectivity index (χ4v) is 2.08. The molecule has 0 bridgehead atoms. The van der Waals surface area contributed by atoms with Crippen molar-refractivity contribution in [1.82, 2.24) is 5.32 Å². The Morgan fingerprint density at radius 1 is 1.55 bits per heavy atom. The average molecular weight is 347 g/mol. The molecule has 7 heteroatoms. The van der Waals surface area contributed by atoms with Crippen LogP contribution in [0.2, 0.25) is 0 Å². The molecule has 0 amide bonds. The predicted octanol–water partition coefficient (Wildman–Crippen LogP) is 2.23. The van der Waals surface area contributed by atoms with Gasteiger partial charge in [-0.1, -0.05) is 15.9 Å². The lowest BCUT2D eigenvalue weighted by atomic mass is 10.0. The molecule has 0 heterocycles. The third kappa shape index (κ3) is 5.54. The minimum atomic E-state index is -0.903. The Hall–Kier alpha value is -1.02. The van der Waals surface area contributed by atoms with Crippen LogP contribution in [0.4, 0.5) is 5.69 Å². The molecule has 2 N–H and O–H groups in total. The highest BCUT2D eigenvalue weighted by Gasteiger charge is 2.20. The van der Waals surface area contributed by atoms with E-state index >= 15 is 0 Å². The molecule has 0 aliphatic heterocycles. The van der Waals surface area contributed by atoms with Crippen LogP contribution < -0.4 is 5.32 Å². The van der Waals surface area contributed by atoms with Crippen molar-refractivity contribution in [3.8, 4) is 0 Å². The quantitative estimate of drug-likeness (QED) is 0.557. The summed E-state index contributed by atoms with van der Waals surface area (Å²) in [6, 6.07) is 4.92. The molecule has 6 nitrogen and oxygen atoms in total. The van der Waals surface area contributed by atoms with Crippen LogP contribution in [0.5, 0.6) is 0 Å². The van der Waals surface area contributed by atoms with Crippen molar-refractivity contribution < 1.29 is 14.8 Å². The van der Waals surface area contributed by atoms with E-state index in [1.165, 1.54) is 6.07 Å². The van der Waals surface area contributed by atoms with Gasteiger partial charge in [-0.3, -0.25) is 10.1 Å². The van der Waals surface area contributed by atoms with Crippen molar-refractivity contribution in [2.75, 3.05) is 20.3 Å². The number of rotatable bonds is 8. The van der Waals surface area contributed by atoms with Crippen molar-refractivity contribution in [1.29, 1.82) is 0 Å². The van der Waals surface area contributed by atoms with Crippen LogP contribution in [0, 0.1) is 10.1 Å². The summed E-state index contributed by atoms with van der Waals surface area (Å²) in [7, 11) is 1.58. The van der Waals surface area contributed by atoms with Crippen molar-refractivity contribution in [3.05, 3.63) is 38.3 Å². The van der Waals surface area contributed by atoms with E-state index in [2.05, 4.69) is 21.2 Å². The number of methoxy groups -OCH3 is 1. The molecule has 20 heavy (non-hydrogen) atoms. The SMILES string of the molecule is COCCC(C)(O)CNCc1ccc(Br)cc1[N+](=O)[O-]. The maximum absolute atomic E-state index is 11.0. The van der Waals surface area contributed by atoms with Gasteiger partial charge >= 0.3 is 0 Å². The average Bonchev–Trinajstić information content (AvgIpc) is 2.38. The third-order valence-electron chi connectivity index (χ3n) is 2.91. The zero-order valence-electron chi connectivity index (χ0n) is 11.6. The van der Waals surface area contributed by atoms with Gasteiger partial charge in [-0.05, 0) is 19.1 Å². The van der Waals surface area contributed by atoms with Crippen LogP contribution in [-0.4, -0.2) is 35.9 Å². The van der Waals surface area contributed by atoms with Gasteiger partial charge in [0.25, 0.3) is 5.69 Å². The summed E-state index contributed by atoms with van der Waals surface area (Å²) in [5.74, 6) is 0. The van der Waals surface area contributed by atoms with Gasteiger partial charge in [-0.15, -0.1) is 0 Å². The number of nitrogens with zero attached hydrogens (tertiary/aromatic N) is 1. The van der Waals surface area contributed by atoms with Crippen LogP contribution in [0.25, 0.3) is 0 Å². The second-order valence-electron chi connectivity index (χ2n) is 4.87. The van der Waals surface area contributed by atoms with E-state index in [0.29, 0.717) is 36.2 Å². The first-order valence-electron chi connectivity index (χ1n) is 6.20. The van der Waals surface area contributed by atoms with Crippen molar-refractivity contribution in [2.24, 2.45) is 0 Å². The summed E-state index contributed by atoms with van der Waals surface area (Å²) in [6.07, 6.45) is 0.499. The Bertz CT molecular complexity index is 466. The number of halogens is 1. The van der Waals surface area contributed by atoms with Crippen LogP contribution in [0.15, 0.2) is 22.7 Å². The smallest absolute Gasteiger partial charge is 0.275 e. The molecule has 1 unspecified atom stereocenters. The molecular weight excluding hydrogens is 328 g/mol. The van der Waals surface area contributed by atoms with Crippen LogP contribution in [0.3, 0.4) is 0 Å². The fourth-order valence-electron chi connectivity index (χ4n) is 1.73. The lowest BCUT2D eigenvalue weighted by molar-refractivity contribution is -0.385. The molecule has 1 atom stereocenters. The normalized spacial score (nSPS) is 14.0. The van der Waals surface area contributed by atoms with E-state index in [1.807, 2.05) is 0 Å². The number of nitrogens with one attached hydrogen (secondary N) is 1. The van der Waals surface area contributed by atoms with Crippen LogP contribution in [0.1, 0.15) is 18.9 Å². The molecule has 0 saturated carbocycles. The number of nitro benzene ring substituents is 1. The Morgan fingerprint density at radius 3 is 2.85 bits per heavy atom. The largest absolute Gasteiger partial charge is 0.389 e. The van der Waals surface area contributed by atoms with Gasteiger partial charge in [-0.2, -0.15) is 0 Å². The monoisotopic (exact) mass is 346 g/mol. The minimum absolute atomic E-state index is 0.0587. The van der Waals surface area contributed by atoms with Gasteiger partial charge in [0.05, 0.1) is 10.5 Å². The summed E-state index contributed by atoms with van der Waals surface area (Å²) >= 11 is 3.21. The maximum atomic E-state index is 11.0. The van der Waals surface area contributed by atoms with Gasteiger partial charge in [-0.25, -0.2) is 0 Å². The van der Waals surface area contributed by atoms with Crippen LogP contribution in [-0.2, 0) is 11.3 Å². The van der Waals surface area contributed by atoms with E-state index < -0.39 is 10.5 Å². The second kappa shape index (κ2) is 7.68. The Balaban J connectivity index is 2.60. The minimum Gasteiger partial charge on any atom is -0.389 e. The summed E-state index contributed by atoms with van der Waals surface area (Å²) in [4.78, 5) is 10.6. The maximum Gasteiger partial charge on any atom is 0.275 e. The highest BCUT2D eigenvalue weighted by Crippen LogP contribution is 2.23. The summed E-state index contributed by atoms with van der Waals surface area (Å²) in [5, 5.41) is 24.1. The molecule has 0 aliphatic carbocycles. The number of benzene rings is 1. The molecule has 0 aromatic heterocycles. The molecule has 1 aromatic rings. The summed E-state index contributed by atoms with van der Waals surface area (Å²) < 4.78 is 5.59. The second-order valence-corrected chi connectivity index (χ2v) is 5.79. The Morgan fingerprint density at radius 2 is 2.25 bits per heavy atom. The number of nitro groups is 1. The fraction of sp³-hybridized carbons (Fsp3) is 0.538. The van der Waals surface area contributed by atoms with Gasteiger partial charge in [0.15, 0.2) is 0 Å². The zero-order chi connectivity index (χ0) is 15.2. The lowest BCUT2D eigenvalue weighted by Gasteiger charge is -2.23. The number of ether oxygens (including phenoxy) is 1. The number of hydrogen-bond acceptors (Lipinski definition) is 5. The highest BCUT2D eigenvalue weighted by atomic mass is 79.9. The highest BCUT2D eigenvalue weighted by molar-refractivity contribution is 9.10. The van der Waals surface area contributed by atoms with Gasteiger partial charge < -0.3 is 15.2 Å². The summed E-state index contributed by atoms with van der Waals surface area (Å²) in [5.41, 5.74) is -0.260. The third-order valence-corrected chi connectivity index (χ3v) is 3.40. The van der Waals surface area contributed by atoms with E-state index in [9.17, 15) is 15.2 Å². The first-order valence-corrected chi connectivity index (χ1v) is 7.00. The van der Waals surface area contributed by atoms with E-state index in [4.69, 9.17) is 4.74 Å². The van der Waals surface area contributed by atoms with E-state index in [0.717, 1.165) is 0 Å². The first-order chi connectivity index (χ1) is 9.35. The van der Waals surface area contributed by atoms with Crippen molar-refractivity contribution in [2.45, 2.75) is 25.5 Å². The number of hydrogen-bond donors (Lipinski definition) is 2. The molecule has 0 radical (unpaired) electrons. The van der Waals surface area contributed by atoms with Gasteiger partial charge in [0, 0.05) is 49.3 Å². The Labute approximate surface area is 126 Å². The van der Waals surface area contributed by atoms with Gasteiger partial charge in [0.1, 0.15) is 0 Å². The van der Waals surface area contributed by atoms with Crippen molar-refractivity contribution in [3.63, 3.8) is 0 Å². The molecule has 1 aromatic carbocycles. The first kappa shape index (κ1) is 17.0. The molecule has 0 aliphatic rings. The van der Waals surface area contributed by atoms with Gasteiger partial charge in [0.2, 0.25) is 0 Å². The van der Waals surface area contributed by atoms with Crippen molar-refractivity contribution >= 4 is 21.6 Å². The molecule has 1 rings (SSSR count).